The van der Waals surface area contributed by atoms with Crippen molar-refractivity contribution in [2.24, 2.45) is 0 Å². The molecule has 4 nitrogen and oxygen atoms in total. The van der Waals surface area contributed by atoms with Crippen LogP contribution in [0, 0.1) is 0 Å². The van der Waals surface area contributed by atoms with Crippen LogP contribution in [0.4, 0.5) is 13.2 Å². The number of amides is 1. The van der Waals surface area contributed by atoms with Gasteiger partial charge in [-0.05, 0) is 30.3 Å². The van der Waals surface area contributed by atoms with Gasteiger partial charge in [0.15, 0.2) is 0 Å². The van der Waals surface area contributed by atoms with E-state index in [1.807, 2.05) is 30.3 Å². The van der Waals surface area contributed by atoms with Crippen molar-refractivity contribution in [3.05, 3.63) is 76.6 Å². The molecule has 1 aromatic heterocycles. The van der Waals surface area contributed by atoms with Gasteiger partial charge in [-0.25, -0.2) is 4.98 Å². The molecule has 0 atom stereocenters. The molecule has 0 radical (unpaired) electrons. The molecular formula is C19H14ClF3N2O2. The van der Waals surface area contributed by atoms with Gasteiger partial charge in [0.05, 0.1) is 16.3 Å². The largest absolute Gasteiger partial charge is 0.444 e. The fourth-order valence-electron chi connectivity index (χ4n) is 2.43. The molecule has 1 amide bonds. The van der Waals surface area contributed by atoms with E-state index in [2.05, 4.69) is 10.3 Å². The Bertz CT molecular complexity index is 940. The first-order valence-corrected chi connectivity index (χ1v) is 8.37. The minimum absolute atomic E-state index is 0.114. The minimum atomic E-state index is -4.62. The summed E-state index contributed by atoms with van der Waals surface area (Å²) in [7, 11) is 0. The van der Waals surface area contributed by atoms with Gasteiger partial charge in [-0.1, -0.05) is 29.8 Å². The summed E-state index contributed by atoms with van der Waals surface area (Å²) in [5.74, 6) is -0.159. The number of benzene rings is 2. The van der Waals surface area contributed by atoms with Crippen molar-refractivity contribution in [2.75, 3.05) is 6.54 Å². The van der Waals surface area contributed by atoms with Crippen LogP contribution < -0.4 is 5.32 Å². The van der Waals surface area contributed by atoms with E-state index in [1.165, 1.54) is 12.3 Å². The van der Waals surface area contributed by atoms with Crippen LogP contribution >= 0.6 is 11.6 Å². The number of oxazole rings is 1. The topological polar surface area (TPSA) is 55.1 Å². The summed E-state index contributed by atoms with van der Waals surface area (Å²) in [6.07, 6.45) is -2.76. The molecule has 0 saturated carbocycles. The average Bonchev–Trinajstić information content (AvgIpc) is 3.10. The predicted octanol–water partition coefficient (Wildman–Crippen LogP) is 4.99. The highest BCUT2D eigenvalue weighted by Crippen LogP contribution is 2.35. The van der Waals surface area contributed by atoms with Crippen molar-refractivity contribution in [1.82, 2.24) is 10.3 Å². The number of nitrogens with zero attached hydrogens (tertiary/aromatic N) is 1. The molecule has 0 aliphatic heterocycles. The summed E-state index contributed by atoms with van der Waals surface area (Å²) in [5.41, 5.74) is 0.299. The van der Waals surface area contributed by atoms with Gasteiger partial charge in [0.1, 0.15) is 6.26 Å². The maximum Gasteiger partial charge on any atom is 0.417 e. The van der Waals surface area contributed by atoms with Gasteiger partial charge in [-0.15, -0.1) is 0 Å². The second kappa shape index (κ2) is 7.84. The van der Waals surface area contributed by atoms with Crippen molar-refractivity contribution in [2.45, 2.75) is 12.6 Å². The summed E-state index contributed by atoms with van der Waals surface area (Å²) in [6.45, 7) is 0.198. The highest BCUT2D eigenvalue weighted by atomic mass is 35.5. The standard InChI is InChI=1S/C19H14ClF3N2O2/c20-16-7-6-13(10-15(16)19(21,22)23)17(26)24-9-8-14-11-27-18(25-14)12-4-2-1-3-5-12/h1-7,10-11H,8-9H2,(H,24,26). The van der Waals surface area contributed by atoms with Crippen molar-refractivity contribution >= 4 is 17.5 Å². The molecule has 3 rings (SSSR count). The highest BCUT2D eigenvalue weighted by Gasteiger charge is 2.33. The van der Waals surface area contributed by atoms with Crippen molar-refractivity contribution in [3.8, 4) is 11.5 Å². The van der Waals surface area contributed by atoms with Gasteiger partial charge in [0, 0.05) is 24.1 Å². The van der Waals surface area contributed by atoms with Crippen LogP contribution in [0.1, 0.15) is 21.6 Å². The van der Waals surface area contributed by atoms with Crippen molar-refractivity contribution in [1.29, 1.82) is 0 Å². The molecule has 2 aromatic carbocycles. The zero-order chi connectivity index (χ0) is 19.4. The average molecular weight is 395 g/mol. The third-order valence-corrected chi connectivity index (χ3v) is 4.10. The van der Waals surface area contributed by atoms with E-state index < -0.39 is 22.7 Å². The Kier molecular flexibility index (Phi) is 5.51. The van der Waals surface area contributed by atoms with Crippen LogP contribution in [0.15, 0.2) is 59.2 Å². The van der Waals surface area contributed by atoms with Crippen LogP contribution in [0.5, 0.6) is 0 Å². The van der Waals surface area contributed by atoms with Crippen LogP contribution in [0.2, 0.25) is 5.02 Å². The molecule has 1 heterocycles. The number of rotatable bonds is 5. The van der Waals surface area contributed by atoms with E-state index in [0.29, 0.717) is 18.0 Å². The zero-order valence-electron chi connectivity index (χ0n) is 13.9. The molecule has 0 aliphatic rings. The lowest BCUT2D eigenvalue weighted by Crippen LogP contribution is -2.26. The van der Waals surface area contributed by atoms with E-state index in [-0.39, 0.29) is 12.1 Å². The lowest BCUT2D eigenvalue weighted by Gasteiger charge is -2.11. The quantitative estimate of drug-likeness (QED) is 0.663. The number of nitrogens with one attached hydrogen (secondary N) is 1. The predicted molar refractivity (Wildman–Crippen MR) is 94.4 cm³/mol. The molecule has 0 spiro atoms. The molecule has 3 aromatic rings. The number of halogens is 4. The van der Waals surface area contributed by atoms with Gasteiger partial charge in [0.25, 0.3) is 5.91 Å². The van der Waals surface area contributed by atoms with Crippen LogP contribution in [-0.4, -0.2) is 17.4 Å². The smallest absolute Gasteiger partial charge is 0.417 e. The molecule has 8 heteroatoms. The van der Waals surface area contributed by atoms with Gasteiger partial charge in [0.2, 0.25) is 5.89 Å². The number of aromatic nitrogens is 1. The first kappa shape index (κ1) is 19.0. The highest BCUT2D eigenvalue weighted by molar-refractivity contribution is 6.31. The summed E-state index contributed by atoms with van der Waals surface area (Å²) in [5, 5.41) is 2.11. The number of carbonyl (C=O) groups excluding carboxylic acids is 1. The third kappa shape index (κ3) is 4.68. The fourth-order valence-corrected chi connectivity index (χ4v) is 2.65. The first-order chi connectivity index (χ1) is 12.8. The van der Waals surface area contributed by atoms with Crippen molar-refractivity contribution < 1.29 is 22.4 Å². The monoisotopic (exact) mass is 394 g/mol. The Morgan fingerprint density at radius 3 is 2.59 bits per heavy atom. The van der Waals surface area contributed by atoms with E-state index in [9.17, 15) is 18.0 Å². The molecule has 0 bridgehead atoms. The zero-order valence-corrected chi connectivity index (χ0v) is 14.6. The van der Waals surface area contributed by atoms with E-state index >= 15 is 0 Å². The molecule has 0 saturated heterocycles. The Hall–Kier alpha value is -2.80. The maximum absolute atomic E-state index is 12.9. The molecule has 0 aliphatic carbocycles. The number of hydrogen-bond donors (Lipinski definition) is 1. The van der Waals surface area contributed by atoms with Crippen LogP contribution in [0.3, 0.4) is 0 Å². The molecule has 27 heavy (non-hydrogen) atoms. The first-order valence-electron chi connectivity index (χ1n) is 7.99. The Morgan fingerprint density at radius 1 is 1.15 bits per heavy atom. The lowest BCUT2D eigenvalue weighted by atomic mass is 10.1. The summed E-state index contributed by atoms with van der Waals surface area (Å²) < 4.78 is 44.0. The van der Waals surface area contributed by atoms with Crippen LogP contribution in [0.25, 0.3) is 11.5 Å². The summed E-state index contributed by atoms with van der Waals surface area (Å²) in [4.78, 5) is 16.4. The Balaban J connectivity index is 1.60. The number of alkyl halides is 3. The van der Waals surface area contributed by atoms with E-state index in [4.69, 9.17) is 16.0 Å². The van der Waals surface area contributed by atoms with Gasteiger partial charge in [-0.3, -0.25) is 4.79 Å². The van der Waals surface area contributed by atoms with Crippen molar-refractivity contribution in [3.63, 3.8) is 0 Å². The fraction of sp³-hybridized carbons (Fsp3) is 0.158. The Labute approximate surface area is 158 Å². The molecule has 0 fully saturated rings. The van der Waals surface area contributed by atoms with Crippen LogP contribution in [-0.2, 0) is 12.6 Å². The second-order valence-corrected chi connectivity index (χ2v) is 6.12. The SMILES string of the molecule is O=C(NCCc1coc(-c2ccccc2)n1)c1ccc(Cl)c(C(F)(F)F)c1. The minimum Gasteiger partial charge on any atom is -0.444 e. The normalized spacial score (nSPS) is 11.4. The summed E-state index contributed by atoms with van der Waals surface area (Å²) >= 11 is 5.55. The molecule has 140 valence electrons. The second-order valence-electron chi connectivity index (χ2n) is 5.71. The Morgan fingerprint density at radius 2 is 1.89 bits per heavy atom. The van der Waals surface area contributed by atoms with E-state index in [0.717, 1.165) is 17.7 Å². The maximum atomic E-state index is 12.9. The number of hydrogen-bond acceptors (Lipinski definition) is 3. The van der Waals surface area contributed by atoms with Gasteiger partial charge >= 0.3 is 6.18 Å². The molecule has 0 unspecified atom stereocenters. The molecular weight excluding hydrogens is 381 g/mol. The van der Waals surface area contributed by atoms with Gasteiger partial charge < -0.3 is 9.73 Å². The van der Waals surface area contributed by atoms with Gasteiger partial charge in [-0.2, -0.15) is 13.2 Å². The molecule has 1 N–H and O–H groups in total. The summed E-state index contributed by atoms with van der Waals surface area (Å²) in [6, 6.07) is 12.4. The lowest BCUT2D eigenvalue weighted by molar-refractivity contribution is -0.137. The van der Waals surface area contributed by atoms with E-state index in [1.54, 1.807) is 0 Å². The number of carbonyl (C=O) groups is 1. The third-order valence-electron chi connectivity index (χ3n) is 3.77.